The number of allylic oxidation sites excluding steroid dienone is 2. The quantitative estimate of drug-likeness (QED) is 0.663. The smallest absolute Gasteiger partial charge is 0.129 e. The van der Waals surface area contributed by atoms with Crippen molar-refractivity contribution in [2.45, 2.75) is 6.92 Å². The summed E-state index contributed by atoms with van der Waals surface area (Å²) in [5.41, 5.74) is 1.97. The Labute approximate surface area is 113 Å². The van der Waals surface area contributed by atoms with Crippen LogP contribution >= 0.6 is 0 Å². The van der Waals surface area contributed by atoms with E-state index in [2.05, 4.69) is 32.2 Å². The van der Waals surface area contributed by atoms with E-state index in [1.165, 1.54) is 6.07 Å². The van der Waals surface area contributed by atoms with Crippen LogP contribution in [0.4, 0.5) is 4.39 Å². The lowest BCUT2D eigenvalue weighted by molar-refractivity contribution is 0.620. The first kappa shape index (κ1) is 13.3. The summed E-state index contributed by atoms with van der Waals surface area (Å²) in [7, 11) is 0. The number of halogens is 1. The topological polar surface area (TPSA) is 0 Å². The largest absolute Gasteiger partial charge is 0.206 e. The average molecular weight is 252 g/mol. The Hall–Kier alpha value is -2.15. The lowest BCUT2D eigenvalue weighted by atomic mass is 10.1. The van der Waals surface area contributed by atoms with E-state index in [0.717, 1.165) is 16.3 Å². The molecule has 2 rings (SSSR count). The Kier molecular flexibility index (Phi) is 3.96. The zero-order valence-electron chi connectivity index (χ0n) is 11.1. The van der Waals surface area contributed by atoms with E-state index >= 15 is 0 Å². The second-order valence-electron chi connectivity index (χ2n) is 4.75. The van der Waals surface area contributed by atoms with Crippen molar-refractivity contribution >= 4 is 25.3 Å². The first-order chi connectivity index (χ1) is 9.06. The van der Waals surface area contributed by atoms with Crippen molar-refractivity contribution in [1.29, 1.82) is 0 Å². The molecule has 0 aliphatic heterocycles. The summed E-state index contributed by atoms with van der Waals surface area (Å²) in [4.78, 5) is 0. The van der Waals surface area contributed by atoms with Gasteiger partial charge in [0.15, 0.2) is 0 Å². The molecule has 0 saturated heterocycles. The lowest BCUT2D eigenvalue weighted by Crippen LogP contribution is -2.03. The minimum absolute atomic E-state index is 0.326. The van der Waals surface area contributed by atoms with Crippen LogP contribution in [-0.4, -0.2) is 0 Å². The summed E-state index contributed by atoms with van der Waals surface area (Å²) in [6, 6.07) is 8.60. The molecule has 0 radical (unpaired) electrons. The summed E-state index contributed by atoms with van der Waals surface area (Å²) in [6.45, 7) is 9.82. The summed E-state index contributed by atoms with van der Waals surface area (Å²) in [5.74, 6) is 0.0318. The molecule has 0 spiro atoms. The van der Waals surface area contributed by atoms with Gasteiger partial charge in [-0.05, 0) is 40.5 Å². The van der Waals surface area contributed by atoms with Crippen molar-refractivity contribution in [2.75, 3.05) is 0 Å². The maximum atomic E-state index is 13.8. The molecule has 1 aliphatic rings. The fourth-order valence-corrected chi connectivity index (χ4v) is 1.90. The van der Waals surface area contributed by atoms with Gasteiger partial charge in [0, 0.05) is 5.22 Å². The van der Waals surface area contributed by atoms with Gasteiger partial charge < -0.3 is 0 Å². The van der Waals surface area contributed by atoms with Crippen LogP contribution in [0.25, 0.3) is 25.3 Å². The zero-order chi connectivity index (χ0) is 13.8. The zero-order valence-corrected chi connectivity index (χ0v) is 11.1. The highest BCUT2D eigenvalue weighted by Gasteiger charge is 2.00. The molecule has 0 nitrogen and oxygen atoms in total. The monoisotopic (exact) mass is 252 g/mol. The van der Waals surface area contributed by atoms with Crippen LogP contribution in [0.2, 0.25) is 0 Å². The van der Waals surface area contributed by atoms with Gasteiger partial charge in [0.05, 0.1) is 0 Å². The molecule has 0 aromatic heterocycles. The predicted octanol–water partition coefficient (Wildman–Crippen LogP) is 3.45. The van der Waals surface area contributed by atoms with Crippen LogP contribution in [0.5, 0.6) is 0 Å². The van der Waals surface area contributed by atoms with Gasteiger partial charge in [0.25, 0.3) is 0 Å². The van der Waals surface area contributed by atoms with E-state index < -0.39 is 0 Å². The van der Waals surface area contributed by atoms with Gasteiger partial charge in [-0.25, -0.2) is 4.39 Å². The summed E-state index contributed by atoms with van der Waals surface area (Å²) < 4.78 is 13.8. The molecule has 96 valence electrons. The normalized spacial score (nSPS) is 16.4. The van der Waals surface area contributed by atoms with Crippen molar-refractivity contribution in [2.24, 2.45) is 5.92 Å². The van der Waals surface area contributed by atoms with Crippen molar-refractivity contribution in [3.8, 4) is 0 Å². The van der Waals surface area contributed by atoms with Crippen LogP contribution in [0.3, 0.4) is 0 Å². The molecule has 1 aromatic carbocycles. The van der Waals surface area contributed by atoms with Crippen LogP contribution < -0.4 is 10.4 Å². The van der Waals surface area contributed by atoms with Gasteiger partial charge in [0.2, 0.25) is 0 Å². The molecule has 1 aliphatic carbocycles. The molecular weight excluding hydrogens is 235 g/mol. The van der Waals surface area contributed by atoms with E-state index in [0.29, 0.717) is 11.1 Å². The number of hydrogen-bond donors (Lipinski definition) is 0. The van der Waals surface area contributed by atoms with Gasteiger partial charge in [-0.15, -0.1) is 0 Å². The predicted molar refractivity (Wildman–Crippen MR) is 81.6 cm³/mol. The Morgan fingerprint density at radius 3 is 2.32 bits per heavy atom. The first-order valence-corrected chi connectivity index (χ1v) is 6.28. The van der Waals surface area contributed by atoms with Crippen LogP contribution in [0, 0.1) is 11.7 Å². The molecular formula is C18H17F. The van der Waals surface area contributed by atoms with E-state index in [1.54, 1.807) is 18.2 Å². The van der Waals surface area contributed by atoms with Gasteiger partial charge in [0.1, 0.15) is 5.82 Å². The third-order valence-electron chi connectivity index (χ3n) is 3.02. The minimum atomic E-state index is -0.326. The van der Waals surface area contributed by atoms with Crippen molar-refractivity contribution in [3.63, 3.8) is 0 Å². The van der Waals surface area contributed by atoms with Crippen molar-refractivity contribution < 1.29 is 4.39 Å². The van der Waals surface area contributed by atoms with E-state index in [-0.39, 0.29) is 5.82 Å². The SMILES string of the molecule is C=c1cccc(F)c(=C)cc2c(c1)C=CC(C)C=C2. The minimum Gasteiger partial charge on any atom is -0.206 e. The van der Waals surface area contributed by atoms with Crippen molar-refractivity contribution in [3.05, 3.63) is 69.9 Å². The maximum Gasteiger partial charge on any atom is 0.129 e. The number of rotatable bonds is 0. The molecule has 0 N–H and O–H groups in total. The Morgan fingerprint density at radius 1 is 1.00 bits per heavy atom. The summed E-state index contributed by atoms with van der Waals surface area (Å²) in [6.07, 6.45) is 8.25. The van der Waals surface area contributed by atoms with Crippen molar-refractivity contribution in [1.82, 2.24) is 0 Å². The van der Waals surface area contributed by atoms with E-state index in [4.69, 9.17) is 0 Å². The fraction of sp³-hybridized carbons (Fsp3) is 0.111. The van der Waals surface area contributed by atoms with Crippen LogP contribution in [-0.2, 0) is 0 Å². The highest BCUT2D eigenvalue weighted by molar-refractivity contribution is 5.67. The van der Waals surface area contributed by atoms with Crippen LogP contribution in [0.15, 0.2) is 42.5 Å². The summed E-state index contributed by atoms with van der Waals surface area (Å²) >= 11 is 0. The summed E-state index contributed by atoms with van der Waals surface area (Å²) in [5, 5.41) is 1.22. The van der Waals surface area contributed by atoms with Crippen LogP contribution in [0.1, 0.15) is 18.1 Å². The average Bonchev–Trinajstić information content (AvgIpc) is 2.53. The third kappa shape index (κ3) is 3.41. The molecule has 19 heavy (non-hydrogen) atoms. The highest BCUT2D eigenvalue weighted by Crippen LogP contribution is 2.16. The third-order valence-corrected chi connectivity index (χ3v) is 3.02. The van der Waals surface area contributed by atoms with Gasteiger partial charge >= 0.3 is 0 Å². The second kappa shape index (κ2) is 5.66. The van der Waals surface area contributed by atoms with Gasteiger partial charge in [-0.3, -0.25) is 0 Å². The van der Waals surface area contributed by atoms with E-state index in [9.17, 15) is 4.39 Å². The number of hydrogen-bond acceptors (Lipinski definition) is 0. The molecule has 0 heterocycles. The van der Waals surface area contributed by atoms with Gasteiger partial charge in [-0.2, -0.15) is 0 Å². The fourth-order valence-electron chi connectivity index (χ4n) is 1.90. The lowest BCUT2D eigenvalue weighted by Gasteiger charge is -1.96. The Bertz CT molecular complexity index is 694. The molecule has 1 atom stereocenters. The van der Waals surface area contributed by atoms with Gasteiger partial charge in [-0.1, -0.05) is 56.5 Å². The Morgan fingerprint density at radius 2 is 1.63 bits per heavy atom. The second-order valence-corrected chi connectivity index (χ2v) is 4.75. The molecule has 0 saturated carbocycles. The van der Waals surface area contributed by atoms with E-state index in [1.807, 2.05) is 18.2 Å². The molecule has 0 bridgehead atoms. The maximum absolute atomic E-state index is 13.8. The Balaban J connectivity index is 2.87. The molecule has 1 aromatic rings. The molecule has 1 heteroatoms. The molecule has 0 fully saturated rings. The highest BCUT2D eigenvalue weighted by atomic mass is 19.1. The molecule has 1 unspecified atom stereocenters. The number of fused-ring (bicyclic) bond motifs is 1. The molecule has 0 amide bonds. The first-order valence-electron chi connectivity index (χ1n) is 6.28. The standard InChI is InChI=1S/C18H17F/c1-13-7-9-16-11-14(2)5-4-6-18(19)15(3)12-17(16)10-8-13/h4-13H,2-3H2,1H3.